The summed E-state index contributed by atoms with van der Waals surface area (Å²) in [5.74, 6) is 1.33. The summed E-state index contributed by atoms with van der Waals surface area (Å²) in [6.07, 6.45) is 5.58. The predicted molar refractivity (Wildman–Crippen MR) is 102 cm³/mol. The van der Waals surface area contributed by atoms with Gasteiger partial charge in [0.15, 0.2) is 11.6 Å². The number of Topliss-reactive ketones (excluding diaryl/α,β-unsaturated/α-hetero) is 1. The van der Waals surface area contributed by atoms with Crippen molar-refractivity contribution in [3.8, 4) is 17.5 Å². The van der Waals surface area contributed by atoms with Crippen LogP contribution in [0.3, 0.4) is 0 Å². The Bertz CT molecular complexity index is 1140. The van der Waals surface area contributed by atoms with Gasteiger partial charge in [0.2, 0.25) is 5.95 Å². The van der Waals surface area contributed by atoms with E-state index < -0.39 is 0 Å². The van der Waals surface area contributed by atoms with Crippen LogP contribution < -0.4 is 5.32 Å². The van der Waals surface area contributed by atoms with Gasteiger partial charge in [-0.05, 0) is 42.7 Å². The second kappa shape index (κ2) is 6.43. The van der Waals surface area contributed by atoms with Crippen LogP contribution in [0.25, 0.3) is 11.4 Å². The maximum Gasteiger partial charge on any atom is 0.226 e. The summed E-state index contributed by atoms with van der Waals surface area (Å²) < 4.78 is 1.78. The lowest BCUT2D eigenvalue weighted by Crippen LogP contribution is -2.31. The first-order valence-corrected chi connectivity index (χ1v) is 9.15. The zero-order valence-corrected chi connectivity index (χ0v) is 15.0. The molecular formula is C21H16N6O. The van der Waals surface area contributed by atoms with Crippen molar-refractivity contribution in [2.75, 3.05) is 5.32 Å². The Morgan fingerprint density at radius 1 is 1.11 bits per heavy atom. The smallest absolute Gasteiger partial charge is 0.226 e. The fourth-order valence-corrected chi connectivity index (χ4v) is 3.83. The second-order valence-corrected chi connectivity index (χ2v) is 6.87. The molecule has 1 atom stereocenters. The fourth-order valence-electron chi connectivity index (χ4n) is 3.83. The van der Waals surface area contributed by atoms with Crippen LogP contribution in [-0.2, 0) is 4.79 Å². The van der Waals surface area contributed by atoms with Gasteiger partial charge < -0.3 is 5.32 Å². The minimum atomic E-state index is -0.352. The molecular weight excluding hydrogens is 352 g/mol. The van der Waals surface area contributed by atoms with Gasteiger partial charge in [-0.15, -0.1) is 5.10 Å². The van der Waals surface area contributed by atoms with Crippen LogP contribution in [0, 0.1) is 11.3 Å². The molecule has 1 unspecified atom stereocenters. The molecule has 0 radical (unpaired) electrons. The SMILES string of the molecule is N#Cc1ccc(C2C3=C(CCCC3=O)Nc3nc(-c4ccncc4)nn32)cc1. The van der Waals surface area contributed by atoms with Crippen molar-refractivity contribution in [2.45, 2.75) is 25.3 Å². The average Bonchev–Trinajstić information content (AvgIpc) is 3.17. The number of fused-ring (bicyclic) bond motifs is 1. The van der Waals surface area contributed by atoms with Crippen molar-refractivity contribution >= 4 is 11.7 Å². The maximum absolute atomic E-state index is 12.8. The Hall–Kier alpha value is -3.79. The molecule has 0 saturated carbocycles. The van der Waals surface area contributed by atoms with E-state index in [9.17, 15) is 4.79 Å². The number of hydrogen-bond acceptors (Lipinski definition) is 6. The molecule has 2 aliphatic rings. The van der Waals surface area contributed by atoms with Gasteiger partial charge in [-0.3, -0.25) is 9.78 Å². The van der Waals surface area contributed by atoms with Crippen molar-refractivity contribution in [1.82, 2.24) is 19.7 Å². The molecule has 7 nitrogen and oxygen atoms in total. The highest BCUT2D eigenvalue weighted by Crippen LogP contribution is 2.40. The molecule has 3 heterocycles. The molecule has 5 rings (SSSR count). The van der Waals surface area contributed by atoms with Crippen molar-refractivity contribution in [1.29, 1.82) is 5.26 Å². The third-order valence-corrected chi connectivity index (χ3v) is 5.16. The predicted octanol–water partition coefficient (Wildman–Crippen LogP) is 3.23. The lowest BCUT2D eigenvalue weighted by atomic mass is 9.85. The molecule has 0 saturated heterocycles. The minimum absolute atomic E-state index is 0.134. The Morgan fingerprint density at radius 3 is 2.64 bits per heavy atom. The molecule has 28 heavy (non-hydrogen) atoms. The summed E-state index contributed by atoms with van der Waals surface area (Å²) >= 11 is 0. The molecule has 7 heteroatoms. The van der Waals surface area contributed by atoms with Crippen molar-refractivity contribution in [2.24, 2.45) is 0 Å². The number of nitriles is 1. The number of carbonyl (C=O) groups is 1. The van der Waals surface area contributed by atoms with Crippen LogP contribution in [-0.4, -0.2) is 25.5 Å². The Kier molecular flexibility index (Phi) is 3.76. The number of aromatic nitrogens is 4. The number of nitrogens with one attached hydrogen (secondary N) is 1. The number of hydrogen-bond donors (Lipinski definition) is 1. The van der Waals surface area contributed by atoms with Gasteiger partial charge in [-0.25, -0.2) is 4.68 Å². The number of anilines is 1. The van der Waals surface area contributed by atoms with E-state index in [1.54, 1.807) is 29.2 Å². The van der Waals surface area contributed by atoms with E-state index in [-0.39, 0.29) is 11.8 Å². The number of pyridine rings is 1. The first-order chi connectivity index (χ1) is 13.7. The van der Waals surface area contributed by atoms with Gasteiger partial charge in [-0.2, -0.15) is 10.2 Å². The minimum Gasteiger partial charge on any atom is -0.328 e. The van der Waals surface area contributed by atoms with Crippen molar-refractivity contribution < 1.29 is 4.79 Å². The number of allylic oxidation sites excluding steroid dienone is 2. The number of benzene rings is 1. The molecule has 0 spiro atoms. The summed E-state index contributed by atoms with van der Waals surface area (Å²) in [5, 5.41) is 17.1. The van der Waals surface area contributed by atoms with Crippen molar-refractivity contribution in [3.63, 3.8) is 0 Å². The maximum atomic E-state index is 12.8. The molecule has 1 aromatic carbocycles. The van der Waals surface area contributed by atoms with Crippen LogP contribution in [0.5, 0.6) is 0 Å². The average molecular weight is 368 g/mol. The molecule has 1 aliphatic heterocycles. The zero-order valence-electron chi connectivity index (χ0n) is 15.0. The van der Waals surface area contributed by atoms with Crippen LogP contribution >= 0.6 is 0 Å². The summed E-state index contributed by atoms with van der Waals surface area (Å²) in [6, 6.07) is 12.8. The Morgan fingerprint density at radius 2 is 1.89 bits per heavy atom. The van der Waals surface area contributed by atoms with Crippen molar-refractivity contribution in [3.05, 3.63) is 71.2 Å². The number of rotatable bonds is 2. The van der Waals surface area contributed by atoms with E-state index >= 15 is 0 Å². The molecule has 1 N–H and O–H groups in total. The van der Waals surface area contributed by atoms with E-state index in [4.69, 9.17) is 10.4 Å². The van der Waals surface area contributed by atoms with E-state index in [0.717, 1.165) is 35.2 Å². The molecule has 0 amide bonds. The largest absolute Gasteiger partial charge is 0.328 e. The molecule has 0 bridgehead atoms. The molecule has 2 aromatic heterocycles. The van der Waals surface area contributed by atoms with Crippen LogP contribution in [0.4, 0.5) is 5.95 Å². The monoisotopic (exact) mass is 368 g/mol. The molecule has 3 aromatic rings. The third kappa shape index (κ3) is 2.58. The van der Waals surface area contributed by atoms with Gasteiger partial charge in [0.05, 0.1) is 11.6 Å². The first kappa shape index (κ1) is 16.4. The van der Waals surface area contributed by atoms with Gasteiger partial charge in [0.25, 0.3) is 0 Å². The Balaban J connectivity index is 1.67. The lowest BCUT2D eigenvalue weighted by Gasteiger charge is -2.32. The summed E-state index contributed by atoms with van der Waals surface area (Å²) in [5.41, 5.74) is 4.02. The second-order valence-electron chi connectivity index (χ2n) is 6.87. The lowest BCUT2D eigenvalue weighted by molar-refractivity contribution is -0.116. The first-order valence-electron chi connectivity index (χ1n) is 9.15. The van der Waals surface area contributed by atoms with Gasteiger partial charge >= 0.3 is 0 Å². The van der Waals surface area contributed by atoms with E-state index in [0.29, 0.717) is 23.8 Å². The molecule has 1 aliphatic carbocycles. The van der Waals surface area contributed by atoms with E-state index in [1.165, 1.54) is 0 Å². The number of nitrogens with zero attached hydrogens (tertiary/aromatic N) is 5. The third-order valence-electron chi connectivity index (χ3n) is 5.16. The Labute approximate surface area is 161 Å². The fraction of sp³-hybridized carbons (Fsp3) is 0.190. The summed E-state index contributed by atoms with van der Waals surface area (Å²) in [6.45, 7) is 0. The quantitative estimate of drug-likeness (QED) is 0.746. The zero-order chi connectivity index (χ0) is 19.1. The summed E-state index contributed by atoms with van der Waals surface area (Å²) in [7, 11) is 0. The van der Waals surface area contributed by atoms with Crippen LogP contribution in [0.15, 0.2) is 60.1 Å². The van der Waals surface area contributed by atoms with Gasteiger partial charge in [0.1, 0.15) is 6.04 Å². The topological polar surface area (TPSA) is 96.5 Å². The highest BCUT2D eigenvalue weighted by Gasteiger charge is 2.36. The highest BCUT2D eigenvalue weighted by atomic mass is 16.1. The van der Waals surface area contributed by atoms with Crippen LogP contribution in [0.2, 0.25) is 0 Å². The van der Waals surface area contributed by atoms with Crippen LogP contribution in [0.1, 0.15) is 36.4 Å². The summed E-state index contributed by atoms with van der Waals surface area (Å²) in [4.78, 5) is 21.5. The molecule has 0 fully saturated rings. The number of ketones is 1. The standard InChI is InChI=1S/C21H16N6O/c22-12-13-4-6-14(7-5-13)19-18-16(2-1-3-17(18)28)24-21-25-20(26-27(19)21)15-8-10-23-11-9-15/h4-11,19H,1-3H2,(H,24,25,26). The van der Waals surface area contributed by atoms with Gasteiger partial charge in [0, 0.05) is 35.6 Å². The number of carbonyl (C=O) groups excluding carboxylic acids is 1. The van der Waals surface area contributed by atoms with Gasteiger partial charge in [-0.1, -0.05) is 12.1 Å². The normalized spacial score (nSPS) is 18.1. The molecule has 136 valence electrons. The highest BCUT2D eigenvalue weighted by molar-refractivity contribution is 5.99. The van der Waals surface area contributed by atoms with E-state index in [2.05, 4.69) is 21.4 Å². The van der Waals surface area contributed by atoms with E-state index in [1.807, 2.05) is 24.3 Å².